The Bertz CT molecular complexity index is 1200. The molecule has 1 aromatic heterocycles. The minimum absolute atomic E-state index is 0.181. The van der Waals surface area contributed by atoms with E-state index in [-0.39, 0.29) is 10.8 Å². The summed E-state index contributed by atoms with van der Waals surface area (Å²) >= 11 is 1.43. The molecule has 2 heterocycles. The zero-order valence-corrected chi connectivity index (χ0v) is 19.6. The molecule has 1 aliphatic heterocycles. The second-order valence-electron chi connectivity index (χ2n) is 7.54. The molecule has 1 fully saturated rings. The Hall–Kier alpha value is -2.53. The normalized spacial score (nSPS) is 15.1. The molecule has 2 aromatic carbocycles. The summed E-state index contributed by atoms with van der Waals surface area (Å²) in [6, 6.07) is 11.7. The number of morpholine rings is 1. The minimum atomic E-state index is -3.33. The van der Waals surface area contributed by atoms with Gasteiger partial charge in [-0.1, -0.05) is 11.3 Å². The van der Waals surface area contributed by atoms with Gasteiger partial charge in [-0.3, -0.25) is 14.6 Å². The van der Waals surface area contributed by atoms with Crippen LogP contribution in [0.2, 0.25) is 0 Å². The number of amides is 1. The van der Waals surface area contributed by atoms with E-state index in [0.717, 1.165) is 35.3 Å². The Labute approximate surface area is 191 Å². The fourth-order valence-corrected chi connectivity index (χ4v) is 5.13. The van der Waals surface area contributed by atoms with Crippen LogP contribution in [0.25, 0.3) is 10.2 Å². The smallest absolute Gasteiger partial charge is 0.260 e. The minimum Gasteiger partial charge on any atom is -0.497 e. The monoisotopic (exact) mass is 475 g/mol. The molecule has 10 heteroatoms. The molecule has 0 N–H and O–H groups in total. The van der Waals surface area contributed by atoms with Gasteiger partial charge in [-0.2, -0.15) is 0 Å². The maximum atomic E-state index is 13.5. The molecule has 4 rings (SSSR count). The molecule has 0 spiro atoms. The molecule has 0 unspecified atom stereocenters. The van der Waals surface area contributed by atoms with E-state index >= 15 is 0 Å². The number of hydrogen-bond acceptors (Lipinski definition) is 8. The average molecular weight is 476 g/mol. The van der Waals surface area contributed by atoms with Crippen molar-refractivity contribution in [2.75, 3.05) is 57.7 Å². The lowest BCUT2D eigenvalue weighted by molar-refractivity contribution is 0.0391. The molecule has 0 bridgehead atoms. The van der Waals surface area contributed by atoms with Crippen LogP contribution in [0.5, 0.6) is 5.75 Å². The summed E-state index contributed by atoms with van der Waals surface area (Å²) < 4.78 is 35.2. The third kappa shape index (κ3) is 5.09. The van der Waals surface area contributed by atoms with Gasteiger partial charge < -0.3 is 9.47 Å². The Kier molecular flexibility index (Phi) is 6.75. The predicted molar refractivity (Wildman–Crippen MR) is 125 cm³/mol. The third-order valence-electron chi connectivity index (χ3n) is 5.33. The molecule has 1 aliphatic rings. The van der Waals surface area contributed by atoms with Crippen molar-refractivity contribution in [1.82, 2.24) is 9.88 Å². The van der Waals surface area contributed by atoms with Gasteiger partial charge in [0.15, 0.2) is 15.0 Å². The topological polar surface area (TPSA) is 89.0 Å². The van der Waals surface area contributed by atoms with Crippen molar-refractivity contribution >= 4 is 42.4 Å². The molecule has 0 radical (unpaired) electrons. The van der Waals surface area contributed by atoms with E-state index < -0.39 is 9.84 Å². The van der Waals surface area contributed by atoms with Gasteiger partial charge in [-0.15, -0.1) is 0 Å². The van der Waals surface area contributed by atoms with Crippen molar-refractivity contribution in [3.05, 3.63) is 48.0 Å². The third-order valence-corrected chi connectivity index (χ3v) is 7.50. The number of carbonyl (C=O) groups is 1. The van der Waals surface area contributed by atoms with Gasteiger partial charge in [0.1, 0.15) is 5.75 Å². The molecule has 0 atom stereocenters. The lowest BCUT2D eigenvalue weighted by atomic mass is 10.2. The van der Waals surface area contributed by atoms with E-state index in [4.69, 9.17) is 9.47 Å². The average Bonchev–Trinajstić information content (AvgIpc) is 3.22. The van der Waals surface area contributed by atoms with Crippen molar-refractivity contribution in [2.24, 2.45) is 0 Å². The number of rotatable bonds is 7. The lowest BCUT2D eigenvalue weighted by Crippen LogP contribution is -2.43. The zero-order chi connectivity index (χ0) is 22.7. The first kappa shape index (κ1) is 22.7. The first-order valence-electron chi connectivity index (χ1n) is 10.2. The lowest BCUT2D eigenvalue weighted by Gasteiger charge is -2.29. The van der Waals surface area contributed by atoms with Gasteiger partial charge >= 0.3 is 0 Å². The van der Waals surface area contributed by atoms with E-state index in [1.807, 2.05) is 18.2 Å². The number of sulfone groups is 1. The van der Waals surface area contributed by atoms with Gasteiger partial charge in [-0.05, 0) is 42.5 Å². The van der Waals surface area contributed by atoms with E-state index in [0.29, 0.717) is 37.0 Å². The number of ether oxygens (including phenoxy) is 2. The maximum Gasteiger partial charge on any atom is 0.260 e. The van der Waals surface area contributed by atoms with E-state index in [9.17, 15) is 13.2 Å². The summed E-state index contributed by atoms with van der Waals surface area (Å²) in [6.07, 6.45) is 1.15. The van der Waals surface area contributed by atoms with Crippen molar-refractivity contribution in [1.29, 1.82) is 0 Å². The van der Waals surface area contributed by atoms with Gasteiger partial charge in [0.25, 0.3) is 5.91 Å². The number of nitrogens with zero attached hydrogens (tertiary/aromatic N) is 3. The number of thiazole rings is 1. The zero-order valence-electron chi connectivity index (χ0n) is 18.0. The van der Waals surface area contributed by atoms with Gasteiger partial charge in [-0.25, -0.2) is 13.4 Å². The van der Waals surface area contributed by atoms with Crippen molar-refractivity contribution < 1.29 is 22.7 Å². The molecule has 32 heavy (non-hydrogen) atoms. The van der Waals surface area contributed by atoms with E-state index in [1.54, 1.807) is 24.1 Å². The van der Waals surface area contributed by atoms with Crippen LogP contribution in [0, 0.1) is 0 Å². The number of methoxy groups -OCH3 is 1. The molecule has 170 valence electrons. The van der Waals surface area contributed by atoms with E-state index in [1.165, 1.54) is 23.5 Å². The second kappa shape index (κ2) is 9.53. The molecular weight excluding hydrogens is 450 g/mol. The second-order valence-corrected chi connectivity index (χ2v) is 10.6. The Morgan fingerprint density at radius 2 is 1.91 bits per heavy atom. The van der Waals surface area contributed by atoms with Crippen LogP contribution in [0.3, 0.4) is 0 Å². The summed E-state index contributed by atoms with van der Waals surface area (Å²) in [6.45, 7) is 4.16. The molecular formula is C22H25N3O5S2. The van der Waals surface area contributed by atoms with Crippen LogP contribution >= 0.6 is 11.3 Å². The number of carbonyl (C=O) groups excluding carboxylic acids is 1. The van der Waals surface area contributed by atoms with Crippen molar-refractivity contribution in [3.8, 4) is 5.75 Å². The summed E-state index contributed by atoms with van der Waals surface area (Å²) in [7, 11) is -1.72. The summed E-state index contributed by atoms with van der Waals surface area (Å²) in [4.78, 5) is 22.2. The highest BCUT2D eigenvalue weighted by Crippen LogP contribution is 2.32. The van der Waals surface area contributed by atoms with Gasteiger partial charge in [0, 0.05) is 38.0 Å². The van der Waals surface area contributed by atoms with Gasteiger partial charge in [0.2, 0.25) is 0 Å². The molecule has 1 saturated heterocycles. The number of hydrogen-bond donors (Lipinski definition) is 0. The maximum absolute atomic E-state index is 13.5. The quantitative estimate of drug-likeness (QED) is 0.519. The molecule has 8 nitrogen and oxygen atoms in total. The van der Waals surface area contributed by atoms with E-state index in [2.05, 4.69) is 9.88 Å². The van der Waals surface area contributed by atoms with Crippen LogP contribution in [0.1, 0.15) is 10.4 Å². The van der Waals surface area contributed by atoms with Crippen LogP contribution in [0.4, 0.5) is 5.13 Å². The first-order chi connectivity index (χ1) is 15.3. The largest absolute Gasteiger partial charge is 0.497 e. The van der Waals surface area contributed by atoms with Crippen LogP contribution in [0.15, 0.2) is 47.4 Å². The summed E-state index contributed by atoms with van der Waals surface area (Å²) in [5.41, 5.74) is 1.21. The molecule has 1 amide bonds. The Morgan fingerprint density at radius 3 is 2.56 bits per heavy atom. The fraction of sp³-hybridized carbons (Fsp3) is 0.364. The van der Waals surface area contributed by atoms with Crippen molar-refractivity contribution in [2.45, 2.75) is 4.90 Å². The Balaban J connectivity index is 1.64. The molecule has 0 saturated carbocycles. The fourth-order valence-electron chi connectivity index (χ4n) is 3.49. The van der Waals surface area contributed by atoms with Crippen molar-refractivity contribution in [3.63, 3.8) is 0 Å². The summed E-state index contributed by atoms with van der Waals surface area (Å²) in [5, 5.41) is 0.596. The predicted octanol–water partition coefficient (Wildman–Crippen LogP) is 2.69. The van der Waals surface area contributed by atoms with Gasteiger partial charge in [0.05, 0.1) is 35.4 Å². The first-order valence-corrected chi connectivity index (χ1v) is 12.9. The molecule has 3 aromatic rings. The molecule has 0 aliphatic carbocycles. The number of aromatic nitrogens is 1. The highest BCUT2D eigenvalue weighted by molar-refractivity contribution is 7.90. The number of fused-ring (bicyclic) bond motifs is 1. The highest BCUT2D eigenvalue weighted by Gasteiger charge is 2.23. The highest BCUT2D eigenvalue weighted by atomic mass is 32.2. The Morgan fingerprint density at radius 1 is 1.19 bits per heavy atom. The standard InChI is InChI=1S/C22H25N3O5S2/c1-29-17-5-8-19-20(15-17)31-22(23-19)25(10-9-24-11-13-30-14-12-24)21(26)16-3-6-18(7-4-16)32(2,27)28/h3-8,15H,9-14H2,1-2H3. The van der Waals surface area contributed by atoms with Crippen LogP contribution in [-0.2, 0) is 14.6 Å². The number of anilines is 1. The SMILES string of the molecule is COc1ccc2nc(N(CCN3CCOCC3)C(=O)c3ccc(S(C)(=O)=O)cc3)sc2c1. The van der Waals surface area contributed by atoms with Crippen LogP contribution in [-0.4, -0.2) is 77.0 Å². The number of benzene rings is 2. The van der Waals surface area contributed by atoms with Crippen LogP contribution < -0.4 is 9.64 Å². The summed E-state index contributed by atoms with van der Waals surface area (Å²) in [5.74, 6) is 0.514.